The van der Waals surface area contributed by atoms with Crippen molar-refractivity contribution < 1.29 is 53.8 Å². The monoisotopic (exact) mass is 534 g/mol. The van der Waals surface area contributed by atoms with Gasteiger partial charge in [0.1, 0.15) is 0 Å². The smallest absolute Gasteiger partial charge is 0.416 e. The van der Waals surface area contributed by atoms with Crippen LogP contribution < -0.4 is 0 Å². The van der Waals surface area contributed by atoms with Gasteiger partial charge in [-0.05, 0) is 48.9 Å². The summed E-state index contributed by atoms with van der Waals surface area (Å²) in [6.07, 6.45) is -14.7. The first-order valence-corrected chi connectivity index (χ1v) is 10.0. The lowest BCUT2D eigenvalue weighted by atomic mass is 10.0. The van der Waals surface area contributed by atoms with E-state index < -0.39 is 59.5 Å². The molecule has 2 aromatic carbocycles. The molecule has 0 saturated carbocycles. The van der Waals surface area contributed by atoms with Crippen LogP contribution in [0.25, 0.3) is 6.08 Å². The van der Waals surface area contributed by atoms with E-state index in [1.54, 1.807) is 0 Å². The van der Waals surface area contributed by atoms with Crippen molar-refractivity contribution in [1.29, 1.82) is 0 Å². The van der Waals surface area contributed by atoms with Gasteiger partial charge < -0.3 is 9.47 Å². The van der Waals surface area contributed by atoms with Crippen LogP contribution in [0.5, 0.6) is 0 Å². The van der Waals surface area contributed by atoms with Gasteiger partial charge in [0.25, 0.3) is 0 Å². The number of hydrogen-bond donors (Lipinski definition) is 0. The fourth-order valence-electron chi connectivity index (χ4n) is 2.83. The highest BCUT2D eigenvalue weighted by Gasteiger charge is 2.37. The Bertz CT molecular complexity index is 1040. The Hall–Kier alpha value is -2.73. The first-order chi connectivity index (χ1) is 16.0. The van der Waals surface area contributed by atoms with Crippen LogP contribution in [0.1, 0.15) is 40.8 Å². The standard InChI is InChI=1S/C22H16ClF9O3/c1-2-34-19(33)18(16-11-13(20(24,25)26)5-6-17(16)23)35-7-3-4-12-8-14(21(27,28)29)10-15(9-12)22(30,31)32/h3-6,8-11,18H,2,7H2,1H3. The zero-order valence-electron chi connectivity index (χ0n) is 17.6. The second-order valence-corrected chi connectivity index (χ2v) is 7.35. The van der Waals surface area contributed by atoms with E-state index in [1.165, 1.54) is 6.92 Å². The number of benzene rings is 2. The average molecular weight is 535 g/mol. The summed E-state index contributed by atoms with van der Waals surface area (Å²) >= 11 is 5.93. The lowest BCUT2D eigenvalue weighted by Crippen LogP contribution is -2.20. The molecule has 192 valence electrons. The topological polar surface area (TPSA) is 35.5 Å². The second kappa shape index (κ2) is 10.9. The first kappa shape index (κ1) is 28.5. The molecule has 2 rings (SSSR count). The van der Waals surface area contributed by atoms with Gasteiger partial charge in [-0.1, -0.05) is 23.8 Å². The molecule has 35 heavy (non-hydrogen) atoms. The maximum absolute atomic E-state index is 13.1. The minimum atomic E-state index is -5.05. The van der Waals surface area contributed by atoms with Crippen LogP contribution in [0.3, 0.4) is 0 Å². The Morgan fingerprint density at radius 1 is 0.886 bits per heavy atom. The molecule has 2 aromatic rings. The molecule has 13 heteroatoms. The van der Waals surface area contributed by atoms with Gasteiger partial charge in [-0.25, -0.2) is 4.79 Å². The molecule has 0 fully saturated rings. The first-order valence-electron chi connectivity index (χ1n) is 9.65. The Labute approximate surface area is 198 Å². The van der Waals surface area contributed by atoms with Gasteiger partial charge in [-0.15, -0.1) is 0 Å². The zero-order chi connectivity index (χ0) is 26.6. The number of alkyl halides is 9. The SMILES string of the molecule is CCOC(=O)C(OCC=Cc1cc(C(F)(F)F)cc(C(F)(F)F)c1)c1cc(C(F)(F)F)ccc1Cl. The van der Waals surface area contributed by atoms with Crippen LogP contribution in [0.15, 0.2) is 42.5 Å². The average Bonchev–Trinajstić information content (AvgIpc) is 2.72. The lowest BCUT2D eigenvalue weighted by Gasteiger charge is -2.19. The van der Waals surface area contributed by atoms with Crippen molar-refractivity contribution in [1.82, 2.24) is 0 Å². The molecule has 0 N–H and O–H groups in total. The molecule has 1 atom stereocenters. The Morgan fingerprint density at radius 2 is 1.43 bits per heavy atom. The van der Waals surface area contributed by atoms with Crippen molar-refractivity contribution in [2.45, 2.75) is 31.6 Å². The number of hydrogen-bond acceptors (Lipinski definition) is 3. The summed E-state index contributed by atoms with van der Waals surface area (Å²) in [6, 6.07) is 3.05. The van der Waals surface area contributed by atoms with Gasteiger partial charge in [0.15, 0.2) is 6.10 Å². The molecular formula is C22H16ClF9O3. The van der Waals surface area contributed by atoms with Crippen molar-refractivity contribution in [3.8, 4) is 0 Å². The predicted molar refractivity (Wildman–Crippen MR) is 107 cm³/mol. The molecule has 0 amide bonds. The van der Waals surface area contributed by atoms with E-state index in [4.69, 9.17) is 21.1 Å². The molecule has 0 aliphatic heterocycles. The van der Waals surface area contributed by atoms with E-state index >= 15 is 0 Å². The number of esters is 1. The zero-order valence-corrected chi connectivity index (χ0v) is 18.4. The minimum absolute atomic E-state index is 0.0414. The number of halogens is 10. The van der Waals surface area contributed by atoms with E-state index in [9.17, 15) is 44.3 Å². The maximum Gasteiger partial charge on any atom is 0.416 e. The molecule has 0 spiro atoms. The number of carbonyl (C=O) groups is 1. The summed E-state index contributed by atoms with van der Waals surface area (Å²) in [7, 11) is 0. The van der Waals surface area contributed by atoms with Crippen molar-refractivity contribution in [3.05, 3.63) is 75.3 Å². The van der Waals surface area contributed by atoms with Crippen LogP contribution in [-0.4, -0.2) is 19.2 Å². The van der Waals surface area contributed by atoms with E-state index in [-0.39, 0.29) is 23.3 Å². The third-order valence-electron chi connectivity index (χ3n) is 4.39. The van der Waals surface area contributed by atoms with E-state index in [1.807, 2.05) is 0 Å². The lowest BCUT2D eigenvalue weighted by molar-refractivity contribution is -0.156. The van der Waals surface area contributed by atoms with Crippen LogP contribution in [0, 0.1) is 0 Å². The summed E-state index contributed by atoms with van der Waals surface area (Å²) in [6.45, 7) is 0.678. The van der Waals surface area contributed by atoms with E-state index in [0.29, 0.717) is 24.3 Å². The van der Waals surface area contributed by atoms with Crippen LogP contribution in [0.4, 0.5) is 39.5 Å². The van der Waals surface area contributed by atoms with Crippen molar-refractivity contribution in [2.24, 2.45) is 0 Å². The Balaban J connectivity index is 2.33. The van der Waals surface area contributed by atoms with Gasteiger partial charge in [0, 0.05) is 10.6 Å². The molecular weight excluding hydrogens is 519 g/mol. The van der Waals surface area contributed by atoms with Crippen LogP contribution in [-0.2, 0) is 32.8 Å². The third kappa shape index (κ3) is 7.89. The van der Waals surface area contributed by atoms with E-state index in [2.05, 4.69) is 0 Å². The Kier molecular flexibility index (Phi) is 8.88. The summed E-state index contributed by atoms with van der Waals surface area (Å²) in [5.74, 6) is -1.10. The van der Waals surface area contributed by atoms with Gasteiger partial charge in [-0.3, -0.25) is 0 Å². The van der Waals surface area contributed by atoms with Gasteiger partial charge >= 0.3 is 24.5 Å². The highest BCUT2D eigenvalue weighted by molar-refractivity contribution is 6.31. The summed E-state index contributed by atoms with van der Waals surface area (Å²) in [5.41, 5.74) is -5.05. The predicted octanol–water partition coefficient (Wildman–Crippen LogP) is 7.73. The maximum atomic E-state index is 13.1. The van der Waals surface area contributed by atoms with Crippen LogP contribution in [0.2, 0.25) is 5.02 Å². The number of rotatable bonds is 7. The van der Waals surface area contributed by atoms with Crippen molar-refractivity contribution in [3.63, 3.8) is 0 Å². The molecule has 0 aliphatic carbocycles. The van der Waals surface area contributed by atoms with Crippen molar-refractivity contribution >= 4 is 23.6 Å². The molecule has 0 aromatic heterocycles. The molecule has 0 bridgehead atoms. The number of ether oxygens (including phenoxy) is 2. The fourth-order valence-corrected chi connectivity index (χ4v) is 3.05. The Morgan fingerprint density at radius 3 is 1.91 bits per heavy atom. The fraction of sp³-hybridized carbons (Fsp3) is 0.318. The molecule has 0 saturated heterocycles. The summed E-state index contributed by atoms with van der Waals surface area (Å²) < 4.78 is 127. The molecule has 0 radical (unpaired) electrons. The summed E-state index contributed by atoms with van der Waals surface area (Å²) in [4.78, 5) is 12.3. The highest BCUT2D eigenvalue weighted by Crippen LogP contribution is 2.37. The van der Waals surface area contributed by atoms with E-state index in [0.717, 1.165) is 18.2 Å². The largest absolute Gasteiger partial charge is 0.464 e. The number of carbonyl (C=O) groups excluding carboxylic acids is 1. The normalized spacial score (nSPS) is 13.8. The molecule has 0 heterocycles. The highest BCUT2D eigenvalue weighted by atomic mass is 35.5. The van der Waals surface area contributed by atoms with Crippen molar-refractivity contribution in [2.75, 3.05) is 13.2 Å². The quantitative estimate of drug-likeness (QED) is 0.269. The minimum Gasteiger partial charge on any atom is -0.464 e. The van der Waals surface area contributed by atoms with Crippen LogP contribution >= 0.6 is 11.6 Å². The summed E-state index contributed by atoms with van der Waals surface area (Å²) in [5, 5.41) is -0.257. The molecule has 1 unspecified atom stereocenters. The second-order valence-electron chi connectivity index (χ2n) is 6.94. The van der Waals surface area contributed by atoms with Gasteiger partial charge in [-0.2, -0.15) is 39.5 Å². The van der Waals surface area contributed by atoms with Gasteiger partial charge in [0.2, 0.25) is 0 Å². The molecule has 3 nitrogen and oxygen atoms in total. The third-order valence-corrected chi connectivity index (χ3v) is 4.73. The molecule has 0 aliphatic rings. The van der Waals surface area contributed by atoms with Gasteiger partial charge in [0.05, 0.1) is 29.9 Å².